The van der Waals surface area contributed by atoms with E-state index in [9.17, 15) is 19.2 Å². The van der Waals surface area contributed by atoms with Gasteiger partial charge >= 0.3 is 0 Å². The molecule has 2 aromatic carbocycles. The Morgan fingerprint density at radius 2 is 1.71 bits per heavy atom. The lowest BCUT2D eigenvalue weighted by atomic mass is 10.1. The molecule has 2 fully saturated rings. The van der Waals surface area contributed by atoms with Crippen molar-refractivity contribution in [2.75, 3.05) is 41.4 Å². The van der Waals surface area contributed by atoms with Crippen LogP contribution in [0.15, 0.2) is 47.3 Å². The Balaban J connectivity index is 1.52. The van der Waals surface area contributed by atoms with Gasteiger partial charge in [-0.25, -0.2) is 0 Å². The maximum absolute atomic E-state index is 13.5. The number of morpholine rings is 1. The number of nitrogens with zero attached hydrogens (tertiary/aromatic N) is 2. The first-order chi connectivity index (χ1) is 16.4. The smallest absolute Gasteiger partial charge is 0.257 e. The monoisotopic (exact) mass is 460 g/mol. The molecule has 3 aromatic rings. The van der Waals surface area contributed by atoms with Gasteiger partial charge in [0.1, 0.15) is 0 Å². The molecule has 0 atom stereocenters. The summed E-state index contributed by atoms with van der Waals surface area (Å²) < 4.78 is 5.45. The number of hydrogen-bond donors (Lipinski definition) is 2. The number of aromatic amines is 1. The summed E-state index contributed by atoms with van der Waals surface area (Å²) >= 11 is 0. The topological polar surface area (TPSA) is 112 Å². The van der Waals surface area contributed by atoms with Crippen molar-refractivity contribution in [3.8, 4) is 0 Å². The molecule has 9 heteroatoms. The normalized spacial score (nSPS) is 16.4. The lowest BCUT2D eigenvalue weighted by Gasteiger charge is -2.31. The summed E-state index contributed by atoms with van der Waals surface area (Å²) in [5, 5.41) is 3.76. The van der Waals surface area contributed by atoms with Crippen LogP contribution in [0.1, 0.15) is 28.8 Å². The van der Waals surface area contributed by atoms with Crippen LogP contribution in [0.2, 0.25) is 0 Å². The quantitative estimate of drug-likeness (QED) is 0.579. The van der Waals surface area contributed by atoms with E-state index < -0.39 is 0 Å². The summed E-state index contributed by atoms with van der Waals surface area (Å²) in [7, 11) is 0. The van der Waals surface area contributed by atoms with Crippen LogP contribution in [-0.2, 0) is 14.3 Å². The van der Waals surface area contributed by atoms with Crippen LogP contribution in [0.4, 0.5) is 17.1 Å². The van der Waals surface area contributed by atoms with Gasteiger partial charge in [-0.2, -0.15) is 0 Å². The Morgan fingerprint density at radius 1 is 0.971 bits per heavy atom. The van der Waals surface area contributed by atoms with Crippen LogP contribution < -0.4 is 20.7 Å². The number of aryl methyl sites for hydroxylation is 1. The first-order valence-electron chi connectivity index (χ1n) is 11.2. The van der Waals surface area contributed by atoms with Gasteiger partial charge in [-0.05, 0) is 48.9 Å². The largest absolute Gasteiger partial charge is 0.378 e. The van der Waals surface area contributed by atoms with E-state index in [-0.39, 0.29) is 36.1 Å². The van der Waals surface area contributed by atoms with Gasteiger partial charge in [0.05, 0.1) is 24.5 Å². The molecule has 0 bridgehead atoms. The number of carbonyl (C=O) groups is 3. The summed E-state index contributed by atoms with van der Waals surface area (Å²) in [4.78, 5) is 55.8. The van der Waals surface area contributed by atoms with Crippen molar-refractivity contribution in [3.63, 3.8) is 0 Å². The molecule has 0 unspecified atom stereocenters. The Morgan fingerprint density at radius 3 is 2.44 bits per heavy atom. The number of aromatic nitrogens is 1. The second-order valence-corrected chi connectivity index (χ2v) is 8.45. The predicted octanol–water partition coefficient (Wildman–Crippen LogP) is 2.58. The molecule has 34 heavy (non-hydrogen) atoms. The third-order valence-electron chi connectivity index (χ3n) is 6.19. The molecule has 2 N–H and O–H groups in total. The highest BCUT2D eigenvalue weighted by Crippen LogP contribution is 2.31. The molecule has 5 rings (SSSR count). The third-order valence-corrected chi connectivity index (χ3v) is 6.19. The Bertz CT molecular complexity index is 1360. The second-order valence-electron chi connectivity index (χ2n) is 8.45. The van der Waals surface area contributed by atoms with Gasteiger partial charge in [0.15, 0.2) is 0 Å². The zero-order valence-electron chi connectivity index (χ0n) is 18.7. The highest BCUT2D eigenvalue weighted by Gasteiger charge is 2.31. The Kier molecular flexibility index (Phi) is 5.62. The molecule has 0 radical (unpaired) electrons. The maximum atomic E-state index is 13.5. The fraction of sp³-hybridized carbons (Fsp3) is 0.280. The molecule has 3 heterocycles. The number of anilines is 3. The number of hydrogen-bond acceptors (Lipinski definition) is 6. The Labute approximate surface area is 195 Å². The fourth-order valence-corrected chi connectivity index (χ4v) is 4.49. The summed E-state index contributed by atoms with van der Waals surface area (Å²) in [6.45, 7) is 4.20. The van der Waals surface area contributed by atoms with Gasteiger partial charge < -0.3 is 19.9 Å². The summed E-state index contributed by atoms with van der Waals surface area (Å²) in [5.74, 6) is -0.896. The molecule has 0 spiro atoms. The minimum absolute atomic E-state index is 0.171. The van der Waals surface area contributed by atoms with Gasteiger partial charge in [-0.15, -0.1) is 0 Å². The van der Waals surface area contributed by atoms with Crippen LogP contribution in [0, 0.1) is 6.92 Å². The highest BCUT2D eigenvalue weighted by molar-refractivity contribution is 6.20. The molecule has 9 nitrogen and oxygen atoms in total. The standard InChI is InChI=1S/C25H24N4O5/c1-15-12-22(30)27-20-4-2-16(13-18(15)20)26-25(33)19-14-17(29-23(31)6-7-24(29)32)3-5-21(19)28-8-10-34-11-9-28/h2-5,12-14H,6-11H2,1H3,(H,26,33)(H,27,30). The molecular formula is C25H24N4O5. The van der Waals surface area contributed by atoms with E-state index in [1.54, 1.807) is 30.3 Å². The average molecular weight is 460 g/mol. The van der Waals surface area contributed by atoms with Crippen LogP contribution >= 0.6 is 0 Å². The molecule has 1 aromatic heterocycles. The van der Waals surface area contributed by atoms with Crippen LogP contribution in [0.3, 0.4) is 0 Å². The first-order valence-corrected chi connectivity index (χ1v) is 11.2. The lowest BCUT2D eigenvalue weighted by molar-refractivity contribution is -0.121. The minimum atomic E-state index is -0.358. The number of nitrogens with one attached hydrogen (secondary N) is 2. The van der Waals surface area contributed by atoms with Gasteiger partial charge in [0.2, 0.25) is 17.4 Å². The number of pyridine rings is 1. The Hall–Kier alpha value is -3.98. The molecule has 2 aliphatic rings. The summed E-state index contributed by atoms with van der Waals surface area (Å²) in [5.41, 5.74) is 3.35. The SMILES string of the molecule is Cc1cc(=O)[nH]c2ccc(NC(=O)c3cc(N4C(=O)CCC4=O)ccc3N3CCOCC3)cc12. The van der Waals surface area contributed by atoms with E-state index >= 15 is 0 Å². The van der Waals surface area contributed by atoms with E-state index in [1.807, 2.05) is 13.0 Å². The number of amides is 3. The van der Waals surface area contributed by atoms with Crippen molar-refractivity contribution < 1.29 is 19.1 Å². The van der Waals surface area contributed by atoms with Crippen LogP contribution in [-0.4, -0.2) is 49.0 Å². The third kappa shape index (κ3) is 4.06. The van der Waals surface area contributed by atoms with E-state index in [1.165, 1.54) is 6.07 Å². The van der Waals surface area contributed by atoms with E-state index in [0.29, 0.717) is 54.4 Å². The maximum Gasteiger partial charge on any atom is 0.257 e. The molecule has 0 aliphatic carbocycles. The number of rotatable bonds is 4. The van der Waals surface area contributed by atoms with E-state index in [4.69, 9.17) is 4.74 Å². The fourth-order valence-electron chi connectivity index (χ4n) is 4.49. The minimum Gasteiger partial charge on any atom is -0.378 e. The number of ether oxygens (including phenoxy) is 1. The van der Waals surface area contributed by atoms with E-state index in [0.717, 1.165) is 15.8 Å². The molecule has 2 aliphatic heterocycles. The zero-order chi connectivity index (χ0) is 23.8. The number of imide groups is 1. The average Bonchev–Trinajstić information content (AvgIpc) is 3.17. The van der Waals surface area contributed by atoms with Crippen LogP contribution in [0.5, 0.6) is 0 Å². The van der Waals surface area contributed by atoms with Gasteiger partial charge in [-0.1, -0.05) is 0 Å². The molecular weight excluding hydrogens is 436 g/mol. The van der Waals surface area contributed by atoms with Gasteiger partial charge in [0.25, 0.3) is 5.91 Å². The summed E-state index contributed by atoms with van der Waals surface area (Å²) in [6, 6.07) is 11.9. The molecule has 3 amide bonds. The van der Waals surface area contributed by atoms with Crippen molar-refractivity contribution in [3.05, 3.63) is 63.9 Å². The lowest BCUT2D eigenvalue weighted by Crippen LogP contribution is -2.37. The number of benzene rings is 2. The van der Waals surface area contributed by atoms with Crippen molar-refractivity contribution in [1.29, 1.82) is 0 Å². The zero-order valence-corrected chi connectivity index (χ0v) is 18.7. The van der Waals surface area contributed by atoms with Crippen molar-refractivity contribution in [1.82, 2.24) is 4.98 Å². The first kappa shape index (κ1) is 21.8. The summed E-state index contributed by atoms with van der Waals surface area (Å²) in [6.07, 6.45) is 0.341. The number of H-pyrrole nitrogens is 1. The molecule has 174 valence electrons. The predicted molar refractivity (Wildman–Crippen MR) is 128 cm³/mol. The van der Waals surface area contributed by atoms with Crippen LogP contribution in [0.25, 0.3) is 10.9 Å². The van der Waals surface area contributed by atoms with Gasteiger partial charge in [-0.3, -0.25) is 24.1 Å². The van der Waals surface area contributed by atoms with Gasteiger partial charge in [0, 0.05) is 54.3 Å². The van der Waals surface area contributed by atoms with Crippen molar-refractivity contribution in [2.24, 2.45) is 0 Å². The van der Waals surface area contributed by atoms with Crippen molar-refractivity contribution in [2.45, 2.75) is 19.8 Å². The highest BCUT2D eigenvalue weighted by atomic mass is 16.5. The number of fused-ring (bicyclic) bond motifs is 1. The van der Waals surface area contributed by atoms with Crippen molar-refractivity contribution >= 4 is 45.7 Å². The van der Waals surface area contributed by atoms with E-state index in [2.05, 4.69) is 15.2 Å². The second kappa shape index (κ2) is 8.75. The molecule has 2 saturated heterocycles. The number of carbonyl (C=O) groups excluding carboxylic acids is 3. The molecule has 0 saturated carbocycles.